The molecule has 0 radical (unpaired) electrons. The van der Waals surface area contributed by atoms with E-state index in [1.54, 1.807) is 6.92 Å². The summed E-state index contributed by atoms with van der Waals surface area (Å²) < 4.78 is 0. The van der Waals surface area contributed by atoms with E-state index in [1.165, 1.54) is 0 Å². The van der Waals surface area contributed by atoms with Crippen LogP contribution in [-0.2, 0) is 0 Å². The van der Waals surface area contributed by atoms with Crippen LogP contribution in [0, 0.1) is 18.3 Å². The molecule has 0 aliphatic carbocycles. The lowest BCUT2D eigenvalue weighted by Crippen LogP contribution is -2.37. The van der Waals surface area contributed by atoms with E-state index >= 15 is 0 Å². The first-order chi connectivity index (χ1) is 4.90. The lowest BCUT2D eigenvalue weighted by molar-refractivity contribution is 0.0516. The summed E-state index contributed by atoms with van der Waals surface area (Å²) in [5.74, 6) is 2.47. The topological polar surface area (TPSA) is 23.5 Å². The van der Waals surface area contributed by atoms with Crippen molar-refractivity contribution in [3.05, 3.63) is 0 Å². The van der Waals surface area contributed by atoms with Gasteiger partial charge in [-0.25, -0.2) is 0 Å². The molecule has 0 spiro atoms. The minimum Gasteiger partial charge on any atom is -0.378 e. The molecule has 0 amide bonds. The summed E-state index contributed by atoms with van der Waals surface area (Å²) in [7, 11) is 3.92. The molecular formula is C9H17NO. The maximum Gasteiger partial charge on any atom is 0.126 e. The molecule has 0 aromatic carbocycles. The maximum atomic E-state index is 9.58. The van der Waals surface area contributed by atoms with E-state index in [0.29, 0.717) is 0 Å². The van der Waals surface area contributed by atoms with Gasteiger partial charge in [0.25, 0.3) is 0 Å². The average Bonchev–Trinajstić information content (AvgIpc) is 1.86. The van der Waals surface area contributed by atoms with Gasteiger partial charge in [0.1, 0.15) is 5.60 Å². The second-order valence-electron chi connectivity index (χ2n) is 3.46. The SMILES string of the molecule is C#CC(C)(O)C(C)CN(C)C. The normalized spacial score (nSPS) is 19.0. The predicted molar refractivity (Wildman–Crippen MR) is 47.2 cm³/mol. The Morgan fingerprint density at radius 1 is 1.64 bits per heavy atom. The van der Waals surface area contributed by atoms with Gasteiger partial charge < -0.3 is 10.0 Å². The summed E-state index contributed by atoms with van der Waals surface area (Å²) in [5, 5.41) is 9.58. The Labute approximate surface area is 69.2 Å². The van der Waals surface area contributed by atoms with E-state index in [9.17, 15) is 5.11 Å². The molecule has 0 saturated heterocycles. The second kappa shape index (κ2) is 3.75. The summed E-state index contributed by atoms with van der Waals surface area (Å²) in [5.41, 5.74) is -0.982. The van der Waals surface area contributed by atoms with Crippen LogP contribution in [0.5, 0.6) is 0 Å². The number of terminal acetylenes is 1. The van der Waals surface area contributed by atoms with Crippen molar-refractivity contribution in [2.45, 2.75) is 19.4 Å². The van der Waals surface area contributed by atoms with Crippen molar-refractivity contribution in [1.29, 1.82) is 0 Å². The lowest BCUT2D eigenvalue weighted by Gasteiger charge is -2.27. The number of rotatable bonds is 3. The smallest absolute Gasteiger partial charge is 0.126 e. The third-order valence-electron chi connectivity index (χ3n) is 1.89. The monoisotopic (exact) mass is 155 g/mol. The van der Waals surface area contributed by atoms with Crippen LogP contribution in [0.4, 0.5) is 0 Å². The highest BCUT2D eigenvalue weighted by Gasteiger charge is 2.25. The van der Waals surface area contributed by atoms with Crippen molar-refractivity contribution in [2.24, 2.45) is 5.92 Å². The third kappa shape index (κ3) is 3.41. The van der Waals surface area contributed by atoms with Gasteiger partial charge in [0, 0.05) is 12.5 Å². The number of hydrogen-bond donors (Lipinski definition) is 1. The zero-order valence-corrected chi connectivity index (χ0v) is 7.76. The van der Waals surface area contributed by atoms with E-state index in [1.807, 2.05) is 25.9 Å². The first kappa shape index (κ1) is 10.5. The van der Waals surface area contributed by atoms with Crippen LogP contribution in [0.2, 0.25) is 0 Å². The van der Waals surface area contributed by atoms with Gasteiger partial charge >= 0.3 is 0 Å². The molecule has 0 fully saturated rings. The molecule has 0 saturated carbocycles. The Morgan fingerprint density at radius 3 is 2.36 bits per heavy atom. The van der Waals surface area contributed by atoms with Gasteiger partial charge in [0.2, 0.25) is 0 Å². The van der Waals surface area contributed by atoms with E-state index in [-0.39, 0.29) is 5.92 Å². The molecular weight excluding hydrogens is 138 g/mol. The zero-order chi connectivity index (χ0) is 9.07. The van der Waals surface area contributed by atoms with Gasteiger partial charge in [0.15, 0.2) is 0 Å². The van der Waals surface area contributed by atoms with Crippen molar-refractivity contribution in [2.75, 3.05) is 20.6 Å². The van der Waals surface area contributed by atoms with Gasteiger partial charge in [-0.1, -0.05) is 12.8 Å². The fourth-order valence-corrected chi connectivity index (χ4v) is 0.868. The first-order valence-corrected chi connectivity index (χ1v) is 3.75. The van der Waals surface area contributed by atoms with Crippen molar-refractivity contribution in [3.63, 3.8) is 0 Å². The van der Waals surface area contributed by atoms with Gasteiger partial charge in [-0.3, -0.25) is 0 Å². The molecule has 0 rings (SSSR count). The highest BCUT2D eigenvalue weighted by Crippen LogP contribution is 2.15. The molecule has 2 heteroatoms. The molecule has 0 aromatic heterocycles. The molecule has 0 bridgehead atoms. The van der Waals surface area contributed by atoms with E-state index in [4.69, 9.17) is 6.42 Å². The predicted octanol–water partition coefficient (Wildman–Crippen LogP) is 0.568. The van der Waals surface area contributed by atoms with Crippen LogP contribution in [0.25, 0.3) is 0 Å². The molecule has 2 unspecified atom stereocenters. The van der Waals surface area contributed by atoms with E-state index < -0.39 is 5.60 Å². The van der Waals surface area contributed by atoms with Crippen molar-refractivity contribution in [3.8, 4) is 12.3 Å². The van der Waals surface area contributed by atoms with Crippen molar-refractivity contribution in [1.82, 2.24) is 4.90 Å². The van der Waals surface area contributed by atoms with Crippen LogP contribution in [0.15, 0.2) is 0 Å². The van der Waals surface area contributed by atoms with Crippen LogP contribution in [-0.4, -0.2) is 36.2 Å². The Hall–Kier alpha value is -0.520. The summed E-state index contributed by atoms with van der Waals surface area (Å²) in [6.07, 6.45) is 5.16. The molecule has 0 heterocycles. The van der Waals surface area contributed by atoms with Crippen LogP contribution in [0.1, 0.15) is 13.8 Å². The average molecular weight is 155 g/mol. The fourth-order valence-electron chi connectivity index (χ4n) is 0.868. The fraction of sp³-hybridized carbons (Fsp3) is 0.778. The Kier molecular flexibility index (Phi) is 3.57. The minimum atomic E-state index is -0.982. The van der Waals surface area contributed by atoms with Crippen LogP contribution >= 0.6 is 0 Å². The molecule has 0 aliphatic rings. The summed E-state index contributed by atoms with van der Waals surface area (Å²) in [4.78, 5) is 2.01. The molecule has 0 aliphatic heterocycles. The van der Waals surface area contributed by atoms with Gasteiger partial charge in [0.05, 0.1) is 0 Å². The third-order valence-corrected chi connectivity index (χ3v) is 1.89. The second-order valence-corrected chi connectivity index (χ2v) is 3.46. The van der Waals surface area contributed by atoms with E-state index in [2.05, 4.69) is 5.92 Å². The molecule has 11 heavy (non-hydrogen) atoms. The minimum absolute atomic E-state index is 0.0995. The standard InChI is InChI=1S/C9H17NO/c1-6-9(3,11)8(2)7-10(4)5/h1,8,11H,7H2,2-5H3. The summed E-state index contributed by atoms with van der Waals surface area (Å²) in [6, 6.07) is 0. The first-order valence-electron chi connectivity index (χ1n) is 3.75. The lowest BCUT2D eigenvalue weighted by atomic mass is 9.91. The number of hydrogen-bond acceptors (Lipinski definition) is 2. The van der Waals surface area contributed by atoms with Gasteiger partial charge in [-0.15, -0.1) is 6.42 Å². The van der Waals surface area contributed by atoms with Crippen molar-refractivity contribution < 1.29 is 5.11 Å². The number of aliphatic hydroxyl groups is 1. The molecule has 0 aromatic rings. The maximum absolute atomic E-state index is 9.58. The molecule has 2 atom stereocenters. The van der Waals surface area contributed by atoms with Gasteiger partial charge in [-0.2, -0.15) is 0 Å². The van der Waals surface area contributed by atoms with Crippen LogP contribution < -0.4 is 0 Å². The number of nitrogens with zero attached hydrogens (tertiary/aromatic N) is 1. The molecule has 64 valence electrons. The summed E-state index contributed by atoms with van der Waals surface area (Å²) in [6.45, 7) is 4.41. The molecule has 2 nitrogen and oxygen atoms in total. The van der Waals surface area contributed by atoms with Crippen LogP contribution in [0.3, 0.4) is 0 Å². The van der Waals surface area contributed by atoms with E-state index in [0.717, 1.165) is 6.54 Å². The summed E-state index contributed by atoms with van der Waals surface area (Å²) >= 11 is 0. The van der Waals surface area contributed by atoms with Crippen molar-refractivity contribution >= 4 is 0 Å². The zero-order valence-electron chi connectivity index (χ0n) is 7.76. The Morgan fingerprint density at radius 2 is 2.09 bits per heavy atom. The van der Waals surface area contributed by atoms with Gasteiger partial charge in [-0.05, 0) is 21.0 Å². The Balaban J connectivity index is 4.04. The Bertz CT molecular complexity index is 155. The largest absolute Gasteiger partial charge is 0.378 e. The quantitative estimate of drug-likeness (QED) is 0.602. The molecule has 1 N–H and O–H groups in total. The highest BCUT2D eigenvalue weighted by molar-refractivity contribution is 5.07. The highest BCUT2D eigenvalue weighted by atomic mass is 16.3.